The molecule has 2 atom stereocenters. The summed E-state index contributed by atoms with van der Waals surface area (Å²) in [6, 6.07) is 0. The van der Waals surface area contributed by atoms with E-state index in [-0.39, 0.29) is 0 Å². The van der Waals surface area contributed by atoms with E-state index >= 15 is 0 Å². The summed E-state index contributed by atoms with van der Waals surface area (Å²) in [5.74, 6) is 3.07. The van der Waals surface area contributed by atoms with Crippen molar-refractivity contribution >= 4 is 5.71 Å². The van der Waals surface area contributed by atoms with Gasteiger partial charge in [-0.05, 0) is 31.8 Å². The molecular weight excluding hydrogens is 213 g/mol. The topological polar surface area (TPSA) is 12.4 Å². The molecule has 0 saturated carbocycles. The van der Waals surface area contributed by atoms with Gasteiger partial charge in [0, 0.05) is 18.3 Å². The Morgan fingerprint density at radius 2 is 2.18 bits per heavy atom. The highest BCUT2D eigenvalue weighted by Crippen LogP contribution is 2.17. The van der Waals surface area contributed by atoms with Gasteiger partial charge in [0.15, 0.2) is 0 Å². The zero-order valence-corrected chi connectivity index (χ0v) is 11.2. The second kappa shape index (κ2) is 10.1. The predicted molar refractivity (Wildman–Crippen MR) is 73.9 cm³/mol. The predicted octanol–water partition coefficient (Wildman–Crippen LogP) is 4.54. The summed E-state index contributed by atoms with van der Waals surface area (Å²) in [6.07, 6.45) is 12.5. The van der Waals surface area contributed by atoms with Crippen LogP contribution in [0.25, 0.3) is 0 Å². The van der Waals surface area contributed by atoms with E-state index in [1.165, 1.54) is 25.8 Å². The number of terminal acetylenes is 1. The molecule has 0 N–H and O–H groups in total. The van der Waals surface area contributed by atoms with Crippen molar-refractivity contribution in [1.82, 2.24) is 0 Å². The number of aliphatic imine (C=N–C) groups is 1. The van der Waals surface area contributed by atoms with Gasteiger partial charge in [0.05, 0.1) is 0 Å². The van der Waals surface area contributed by atoms with Gasteiger partial charge in [0.25, 0.3) is 0 Å². The van der Waals surface area contributed by atoms with Crippen LogP contribution in [0.4, 0.5) is 4.39 Å². The largest absolute Gasteiger partial charge is 0.265 e. The van der Waals surface area contributed by atoms with E-state index in [9.17, 15) is 4.39 Å². The Kier molecular flexibility index (Phi) is 9.43. The molecule has 17 heavy (non-hydrogen) atoms. The van der Waals surface area contributed by atoms with E-state index in [1.54, 1.807) is 6.20 Å². The van der Waals surface area contributed by atoms with Crippen LogP contribution < -0.4 is 0 Å². The molecule has 0 aliphatic carbocycles. The molecule has 0 aromatic carbocycles. The summed E-state index contributed by atoms with van der Waals surface area (Å²) in [5, 5.41) is 0. The van der Waals surface area contributed by atoms with Crippen molar-refractivity contribution in [3.63, 3.8) is 0 Å². The minimum absolute atomic E-state index is 0.436. The molecule has 0 radical (unpaired) electrons. The lowest BCUT2D eigenvalue weighted by Gasteiger charge is -2.15. The Morgan fingerprint density at radius 3 is 2.65 bits per heavy atom. The van der Waals surface area contributed by atoms with Gasteiger partial charge in [-0.3, -0.25) is 4.99 Å². The van der Waals surface area contributed by atoms with Crippen molar-refractivity contribution in [2.75, 3.05) is 0 Å². The molecule has 0 amide bonds. The van der Waals surface area contributed by atoms with E-state index in [1.807, 2.05) is 0 Å². The Morgan fingerprint density at radius 1 is 1.47 bits per heavy atom. The van der Waals surface area contributed by atoms with Crippen molar-refractivity contribution < 1.29 is 4.39 Å². The first-order valence-corrected chi connectivity index (χ1v) is 6.46. The van der Waals surface area contributed by atoms with Gasteiger partial charge in [0.2, 0.25) is 0 Å². The number of halogens is 1. The molecule has 1 nitrogen and oxygen atoms in total. The molecule has 96 valence electrons. The van der Waals surface area contributed by atoms with Crippen molar-refractivity contribution in [3.05, 3.63) is 12.3 Å². The summed E-state index contributed by atoms with van der Waals surface area (Å²) < 4.78 is 12.6. The van der Waals surface area contributed by atoms with Crippen LogP contribution in [-0.4, -0.2) is 11.9 Å². The fraction of sp³-hybridized carbons (Fsp3) is 0.667. The van der Waals surface area contributed by atoms with Crippen molar-refractivity contribution in [3.8, 4) is 12.3 Å². The van der Waals surface area contributed by atoms with Gasteiger partial charge in [-0.15, -0.1) is 12.3 Å². The number of unbranched alkanes of at least 4 members (excludes halogenated alkanes) is 1. The van der Waals surface area contributed by atoms with Gasteiger partial charge in [0.1, 0.15) is 6.17 Å². The molecule has 0 heterocycles. The van der Waals surface area contributed by atoms with Crippen LogP contribution in [0.5, 0.6) is 0 Å². The van der Waals surface area contributed by atoms with Crippen LogP contribution in [0.15, 0.2) is 17.3 Å². The number of nitrogens with zero attached hydrogens (tertiary/aromatic N) is 1. The van der Waals surface area contributed by atoms with E-state index in [2.05, 4.69) is 24.8 Å². The summed E-state index contributed by atoms with van der Waals surface area (Å²) in [4.78, 5) is 4.33. The minimum atomic E-state index is -0.957. The average Bonchev–Trinajstić information content (AvgIpc) is 2.29. The van der Waals surface area contributed by atoms with Crippen LogP contribution >= 0.6 is 0 Å². The van der Waals surface area contributed by atoms with Crippen LogP contribution in [0.2, 0.25) is 0 Å². The van der Waals surface area contributed by atoms with Gasteiger partial charge >= 0.3 is 0 Å². The Labute approximate surface area is 105 Å². The second-order valence-corrected chi connectivity index (χ2v) is 4.27. The minimum Gasteiger partial charge on any atom is -0.265 e. The van der Waals surface area contributed by atoms with Gasteiger partial charge in [-0.2, -0.15) is 0 Å². The maximum atomic E-state index is 12.6. The number of hydrogen-bond donors (Lipinski definition) is 0. The third-order valence-electron chi connectivity index (χ3n) is 2.74. The smallest absolute Gasteiger partial charge is 0.117 e. The van der Waals surface area contributed by atoms with Gasteiger partial charge in [-0.1, -0.05) is 26.7 Å². The lowest BCUT2D eigenvalue weighted by molar-refractivity contribution is 0.430. The zero-order chi connectivity index (χ0) is 13.1. The fourth-order valence-corrected chi connectivity index (χ4v) is 1.71. The number of rotatable bonds is 8. The summed E-state index contributed by atoms with van der Waals surface area (Å²) in [7, 11) is 0. The van der Waals surface area contributed by atoms with E-state index in [0.29, 0.717) is 12.3 Å². The Hall–Kier alpha value is -1.10. The monoisotopic (exact) mass is 237 g/mol. The Balaban J connectivity index is 4.61. The molecule has 2 heteroatoms. The molecule has 0 saturated heterocycles. The van der Waals surface area contributed by atoms with E-state index in [4.69, 9.17) is 6.42 Å². The van der Waals surface area contributed by atoms with Crippen LogP contribution in [0.1, 0.15) is 52.9 Å². The first-order valence-electron chi connectivity index (χ1n) is 6.46. The number of alkyl halides is 1. The SMILES string of the molecule is C#CC/C(=N\C=C/C(C)F)C(CC)CCCC. The Bertz CT molecular complexity index is 284. The normalized spacial score (nSPS) is 15.8. The maximum absolute atomic E-state index is 12.6. The molecule has 0 aromatic heterocycles. The van der Waals surface area contributed by atoms with E-state index < -0.39 is 6.17 Å². The third-order valence-corrected chi connectivity index (χ3v) is 2.74. The summed E-state index contributed by atoms with van der Waals surface area (Å²) >= 11 is 0. The van der Waals surface area contributed by atoms with Crippen LogP contribution in [0, 0.1) is 18.3 Å². The molecular formula is C15H24FN. The lowest BCUT2D eigenvalue weighted by atomic mass is 9.92. The first kappa shape index (κ1) is 15.9. The fourth-order valence-electron chi connectivity index (χ4n) is 1.71. The molecule has 2 unspecified atom stereocenters. The zero-order valence-electron chi connectivity index (χ0n) is 11.2. The summed E-state index contributed by atoms with van der Waals surface area (Å²) in [5.41, 5.74) is 1.01. The van der Waals surface area contributed by atoms with Crippen molar-refractivity contribution in [2.24, 2.45) is 10.9 Å². The quantitative estimate of drug-likeness (QED) is 0.434. The molecule has 0 rings (SSSR count). The highest BCUT2D eigenvalue weighted by molar-refractivity contribution is 5.89. The van der Waals surface area contributed by atoms with Crippen LogP contribution in [0.3, 0.4) is 0 Å². The second-order valence-electron chi connectivity index (χ2n) is 4.27. The van der Waals surface area contributed by atoms with Gasteiger partial charge < -0.3 is 0 Å². The van der Waals surface area contributed by atoms with E-state index in [0.717, 1.165) is 18.6 Å². The molecule has 0 aliphatic heterocycles. The molecule has 0 spiro atoms. The van der Waals surface area contributed by atoms with Crippen molar-refractivity contribution in [1.29, 1.82) is 0 Å². The molecule has 0 aromatic rings. The highest BCUT2D eigenvalue weighted by Gasteiger charge is 2.12. The van der Waals surface area contributed by atoms with Crippen molar-refractivity contribution in [2.45, 2.75) is 59.0 Å². The maximum Gasteiger partial charge on any atom is 0.117 e. The molecule has 0 fully saturated rings. The standard InChI is InChI=1S/C15H24FN/c1-5-8-10-14(7-3)15(9-6-2)17-12-11-13(4)16/h2,11-14H,5,7-10H2,1,3-4H3/b12-11-,17-15+. The highest BCUT2D eigenvalue weighted by atomic mass is 19.1. The average molecular weight is 237 g/mol. The molecule has 0 aliphatic rings. The third kappa shape index (κ3) is 7.74. The first-order chi connectivity index (χ1) is 8.15. The number of allylic oxidation sites excluding steroid dienone is 1. The molecule has 0 bridgehead atoms. The number of hydrogen-bond acceptors (Lipinski definition) is 1. The van der Waals surface area contributed by atoms with Crippen LogP contribution in [-0.2, 0) is 0 Å². The lowest BCUT2D eigenvalue weighted by Crippen LogP contribution is -2.13. The summed E-state index contributed by atoms with van der Waals surface area (Å²) in [6.45, 7) is 5.81. The van der Waals surface area contributed by atoms with Gasteiger partial charge in [-0.25, -0.2) is 4.39 Å².